The first kappa shape index (κ1) is 28.2. The number of pyridine rings is 1. The third-order valence-corrected chi connectivity index (χ3v) is 7.21. The number of oxazole rings is 1. The first-order valence-corrected chi connectivity index (χ1v) is 13.4. The monoisotopic (exact) mass is 594 g/mol. The molecule has 2 aromatic heterocycles. The van der Waals surface area contributed by atoms with Gasteiger partial charge >= 0.3 is 6.18 Å². The lowest BCUT2D eigenvalue weighted by Gasteiger charge is -2.36. The molecule has 1 fully saturated rings. The summed E-state index contributed by atoms with van der Waals surface area (Å²) in [6.45, 7) is 1.67. The smallest absolute Gasteiger partial charge is 0.437 e. The molecule has 2 aliphatic rings. The maximum atomic E-state index is 13.7. The van der Waals surface area contributed by atoms with Crippen LogP contribution < -0.4 is 14.4 Å². The molecule has 222 valence electrons. The van der Waals surface area contributed by atoms with Crippen molar-refractivity contribution in [3.63, 3.8) is 0 Å². The quantitative estimate of drug-likeness (QED) is 0.313. The summed E-state index contributed by atoms with van der Waals surface area (Å²) >= 11 is 0. The highest BCUT2D eigenvalue weighted by Crippen LogP contribution is 2.36. The fourth-order valence-corrected chi connectivity index (χ4v) is 4.93. The van der Waals surface area contributed by atoms with Crippen LogP contribution in [-0.2, 0) is 17.4 Å². The Bertz CT molecular complexity index is 1630. The van der Waals surface area contributed by atoms with Crippen molar-refractivity contribution in [2.45, 2.75) is 18.7 Å². The fraction of sp³-hybridized carbons (Fsp3) is 0.267. The van der Waals surface area contributed by atoms with Gasteiger partial charge in [0.05, 0.1) is 0 Å². The number of halogens is 3. The van der Waals surface area contributed by atoms with E-state index in [1.165, 1.54) is 6.20 Å². The third kappa shape index (κ3) is 5.89. The third-order valence-electron chi connectivity index (χ3n) is 7.21. The van der Waals surface area contributed by atoms with E-state index in [4.69, 9.17) is 13.9 Å². The topological polar surface area (TPSA) is 118 Å². The van der Waals surface area contributed by atoms with Crippen molar-refractivity contribution in [1.29, 1.82) is 0 Å². The summed E-state index contributed by atoms with van der Waals surface area (Å²) in [4.78, 5) is 37.3. The van der Waals surface area contributed by atoms with Gasteiger partial charge in [0, 0.05) is 44.4 Å². The van der Waals surface area contributed by atoms with Crippen molar-refractivity contribution in [1.82, 2.24) is 14.9 Å². The van der Waals surface area contributed by atoms with Gasteiger partial charge in [-0.05, 0) is 41.5 Å². The van der Waals surface area contributed by atoms with E-state index in [1.54, 1.807) is 65.6 Å². The van der Waals surface area contributed by atoms with E-state index in [2.05, 4.69) is 9.97 Å². The van der Waals surface area contributed by atoms with Gasteiger partial charge in [-0.2, -0.15) is 13.2 Å². The Hall–Kier alpha value is -4.91. The van der Waals surface area contributed by atoms with Crippen LogP contribution >= 0.6 is 0 Å². The molecule has 2 aromatic carbocycles. The second-order valence-electron chi connectivity index (χ2n) is 10.0. The number of ether oxygens (including phenoxy) is 2. The minimum absolute atomic E-state index is 0.0894. The average molecular weight is 595 g/mol. The molecule has 10 nitrogen and oxygen atoms in total. The molecule has 2 aliphatic heterocycles. The van der Waals surface area contributed by atoms with Crippen molar-refractivity contribution in [3.8, 4) is 23.0 Å². The highest BCUT2D eigenvalue weighted by Gasteiger charge is 2.41. The maximum absolute atomic E-state index is 13.7. The number of aliphatic hydroxyl groups excluding tert-OH is 1. The van der Waals surface area contributed by atoms with Gasteiger partial charge in [0.15, 0.2) is 23.3 Å². The van der Waals surface area contributed by atoms with Crippen LogP contribution in [0.4, 0.5) is 19.0 Å². The van der Waals surface area contributed by atoms with Gasteiger partial charge in [-0.1, -0.05) is 30.3 Å². The number of amides is 1. The van der Waals surface area contributed by atoms with Crippen LogP contribution in [0.25, 0.3) is 11.5 Å². The van der Waals surface area contributed by atoms with E-state index in [1.807, 2.05) is 4.90 Å². The summed E-state index contributed by atoms with van der Waals surface area (Å²) in [6, 6.07) is 16.2. The molecular weight excluding hydrogens is 569 g/mol. The summed E-state index contributed by atoms with van der Waals surface area (Å²) in [5.74, 6) is -0.817. The zero-order valence-corrected chi connectivity index (χ0v) is 22.6. The van der Waals surface area contributed by atoms with E-state index >= 15 is 0 Å². The Labute approximate surface area is 243 Å². The number of carbonyl (C=O) groups excluding carboxylic acids is 2. The number of benzene rings is 2. The van der Waals surface area contributed by atoms with Crippen molar-refractivity contribution >= 4 is 17.5 Å². The second-order valence-corrected chi connectivity index (χ2v) is 10.0. The number of aliphatic hydroxyl groups is 1. The summed E-state index contributed by atoms with van der Waals surface area (Å²) < 4.78 is 56.8. The number of nitrogens with zero attached hydrogens (tertiary/aromatic N) is 4. The van der Waals surface area contributed by atoms with E-state index in [9.17, 15) is 27.9 Å². The van der Waals surface area contributed by atoms with Crippen molar-refractivity contribution in [2.24, 2.45) is 0 Å². The van der Waals surface area contributed by atoms with Gasteiger partial charge in [0.25, 0.3) is 5.91 Å². The molecule has 0 spiro atoms. The summed E-state index contributed by atoms with van der Waals surface area (Å²) in [5.41, 5.74) is -0.230. The number of hydrogen-bond acceptors (Lipinski definition) is 9. The molecule has 1 saturated heterocycles. The van der Waals surface area contributed by atoms with Crippen LogP contribution in [0.15, 0.2) is 71.3 Å². The number of fused-ring (bicyclic) bond motifs is 1. The summed E-state index contributed by atoms with van der Waals surface area (Å²) in [6.07, 6.45) is -5.15. The van der Waals surface area contributed by atoms with E-state index in [0.717, 1.165) is 0 Å². The molecule has 0 aliphatic carbocycles. The fourth-order valence-electron chi connectivity index (χ4n) is 4.93. The molecule has 0 saturated carbocycles. The van der Waals surface area contributed by atoms with Gasteiger partial charge < -0.3 is 28.8 Å². The summed E-state index contributed by atoms with van der Waals surface area (Å²) in [5, 5.41) is 10.6. The number of piperazine rings is 1. The van der Waals surface area contributed by atoms with Crippen LogP contribution in [0.3, 0.4) is 0 Å². The van der Waals surface area contributed by atoms with Crippen molar-refractivity contribution in [3.05, 3.63) is 89.4 Å². The highest BCUT2D eigenvalue weighted by molar-refractivity contribution is 5.96. The first-order valence-electron chi connectivity index (χ1n) is 13.4. The predicted octanol–water partition coefficient (Wildman–Crippen LogP) is 4.29. The Balaban J connectivity index is 1.07. The summed E-state index contributed by atoms with van der Waals surface area (Å²) in [7, 11) is 0. The Morgan fingerprint density at radius 1 is 0.953 bits per heavy atom. The van der Waals surface area contributed by atoms with Gasteiger partial charge in [0.1, 0.15) is 5.82 Å². The molecule has 1 N–H and O–H groups in total. The number of hydrogen-bond donors (Lipinski definition) is 1. The second kappa shape index (κ2) is 11.4. The minimum atomic E-state index is -4.87. The molecule has 0 bridgehead atoms. The number of Topliss-reactive ketones (excluding diaryl/α,β-unsaturated/α-hetero) is 1. The Morgan fingerprint density at radius 3 is 2.40 bits per heavy atom. The molecular formula is C30H25F3N4O6. The molecule has 4 aromatic rings. The lowest BCUT2D eigenvalue weighted by Crippen LogP contribution is -2.50. The number of anilines is 1. The van der Waals surface area contributed by atoms with Gasteiger partial charge in [-0.3, -0.25) is 9.59 Å². The average Bonchev–Trinajstić information content (AvgIpc) is 3.69. The zero-order chi connectivity index (χ0) is 30.1. The van der Waals surface area contributed by atoms with E-state index < -0.39 is 35.4 Å². The Kier molecular flexibility index (Phi) is 7.48. The molecule has 43 heavy (non-hydrogen) atoms. The standard InChI is InChI=1S/C30H25F3N4O6/c31-30(32,33)27-26(43-28(35-27)19-4-2-1-3-5-19)21(38)14-18-6-9-24(34-16-18)36-10-12-37(13-11-36)29(40)25(39)20-7-8-22-23(15-20)42-17-41-22/h1-9,15-16,25,39H,10-14,17H2. The SMILES string of the molecule is O=C(Cc1ccc(N2CCN(C(=O)C(O)c3ccc4c(c3)OCO4)CC2)nc1)c1oc(-c2ccccc2)nc1C(F)(F)F. The molecule has 13 heteroatoms. The maximum Gasteiger partial charge on any atom is 0.437 e. The number of aromatic nitrogens is 2. The van der Waals surface area contributed by atoms with Crippen LogP contribution in [0.2, 0.25) is 0 Å². The normalized spacial score (nSPS) is 15.4. The van der Waals surface area contributed by atoms with Crippen molar-refractivity contribution < 1.29 is 41.8 Å². The largest absolute Gasteiger partial charge is 0.454 e. The molecule has 1 atom stereocenters. The van der Waals surface area contributed by atoms with Gasteiger partial charge in [-0.15, -0.1) is 0 Å². The zero-order valence-electron chi connectivity index (χ0n) is 22.6. The van der Waals surface area contributed by atoms with Crippen LogP contribution in [-0.4, -0.2) is 64.6 Å². The molecule has 0 radical (unpaired) electrons. The molecule has 1 unspecified atom stereocenters. The number of rotatable bonds is 7. The van der Waals surface area contributed by atoms with Gasteiger partial charge in [0.2, 0.25) is 24.2 Å². The highest BCUT2D eigenvalue weighted by atomic mass is 19.4. The number of ketones is 1. The van der Waals surface area contributed by atoms with Crippen LogP contribution in [0, 0.1) is 0 Å². The van der Waals surface area contributed by atoms with Crippen LogP contribution in [0.5, 0.6) is 11.5 Å². The number of alkyl halides is 3. The lowest BCUT2D eigenvalue weighted by atomic mass is 10.1. The molecule has 1 amide bonds. The van der Waals surface area contributed by atoms with Crippen molar-refractivity contribution in [2.75, 3.05) is 37.9 Å². The molecule has 6 rings (SSSR count). The Morgan fingerprint density at radius 2 is 1.70 bits per heavy atom. The van der Waals surface area contributed by atoms with E-state index in [0.29, 0.717) is 60.2 Å². The molecule has 4 heterocycles. The predicted molar refractivity (Wildman–Crippen MR) is 146 cm³/mol. The lowest BCUT2D eigenvalue weighted by molar-refractivity contribution is -0.142. The first-order chi connectivity index (χ1) is 20.7. The minimum Gasteiger partial charge on any atom is -0.454 e. The number of carbonyl (C=O) groups is 2. The van der Waals surface area contributed by atoms with Gasteiger partial charge in [-0.25, -0.2) is 9.97 Å². The van der Waals surface area contributed by atoms with E-state index in [-0.39, 0.29) is 19.1 Å². The van der Waals surface area contributed by atoms with Crippen LogP contribution in [0.1, 0.15) is 33.5 Å².